The molecular weight excluding hydrogens is 340 g/mol. The van der Waals surface area contributed by atoms with Gasteiger partial charge in [0.15, 0.2) is 0 Å². The first-order chi connectivity index (χ1) is 13.7. The fraction of sp³-hybridized carbons (Fsp3) is 0.538. The zero-order chi connectivity index (χ0) is 19.5. The SMILES string of the molecule is C=C(CCc1ccccc1)C1C(C(=C)N2CCN(CCC)CC2)[C@@H]2C=C[C@H]1C2. The normalized spacial score (nSPS) is 29.4. The van der Waals surface area contributed by atoms with Gasteiger partial charge in [-0.05, 0) is 55.5 Å². The quantitative estimate of drug-likeness (QED) is 0.579. The predicted octanol–water partition coefficient (Wildman–Crippen LogP) is 5.16. The molecule has 1 saturated heterocycles. The number of rotatable bonds is 8. The lowest BCUT2D eigenvalue weighted by Gasteiger charge is -2.42. The highest BCUT2D eigenvalue weighted by atomic mass is 15.3. The third-order valence-corrected chi connectivity index (χ3v) is 7.21. The van der Waals surface area contributed by atoms with Gasteiger partial charge in [0.05, 0.1) is 0 Å². The van der Waals surface area contributed by atoms with Crippen molar-refractivity contribution in [2.75, 3.05) is 32.7 Å². The van der Waals surface area contributed by atoms with Crippen LogP contribution in [0.15, 0.2) is 66.9 Å². The van der Waals surface area contributed by atoms with Crippen LogP contribution in [0.5, 0.6) is 0 Å². The van der Waals surface area contributed by atoms with Crippen LogP contribution in [-0.4, -0.2) is 42.5 Å². The second-order valence-electron chi connectivity index (χ2n) is 8.96. The third kappa shape index (κ3) is 3.98. The highest BCUT2D eigenvalue weighted by molar-refractivity contribution is 5.28. The molecule has 1 saturated carbocycles. The molecule has 0 N–H and O–H groups in total. The zero-order valence-electron chi connectivity index (χ0n) is 17.5. The predicted molar refractivity (Wildman–Crippen MR) is 119 cm³/mol. The molecule has 1 heterocycles. The second kappa shape index (κ2) is 8.69. The first-order valence-corrected chi connectivity index (χ1v) is 11.2. The van der Waals surface area contributed by atoms with Gasteiger partial charge >= 0.3 is 0 Å². The minimum atomic E-state index is 0.566. The minimum Gasteiger partial charge on any atom is -0.372 e. The van der Waals surface area contributed by atoms with Crippen molar-refractivity contribution in [1.29, 1.82) is 0 Å². The number of benzene rings is 1. The molecule has 2 nitrogen and oxygen atoms in total. The number of hydrogen-bond donors (Lipinski definition) is 0. The van der Waals surface area contributed by atoms with Crippen LogP contribution in [-0.2, 0) is 6.42 Å². The third-order valence-electron chi connectivity index (χ3n) is 7.21. The topological polar surface area (TPSA) is 6.48 Å². The molecule has 2 heteroatoms. The maximum Gasteiger partial charge on any atom is 0.0303 e. The number of aryl methyl sites for hydroxylation is 1. The van der Waals surface area contributed by atoms with Crippen molar-refractivity contribution in [1.82, 2.24) is 9.80 Å². The molecule has 2 aliphatic carbocycles. The van der Waals surface area contributed by atoms with E-state index in [1.54, 1.807) is 0 Å². The zero-order valence-corrected chi connectivity index (χ0v) is 17.5. The Labute approximate surface area is 171 Å². The van der Waals surface area contributed by atoms with Gasteiger partial charge in [-0.3, -0.25) is 4.90 Å². The summed E-state index contributed by atoms with van der Waals surface area (Å²) < 4.78 is 0. The molecule has 150 valence electrons. The number of allylic oxidation sites excluding steroid dienone is 4. The van der Waals surface area contributed by atoms with Crippen LogP contribution in [0, 0.1) is 23.7 Å². The van der Waals surface area contributed by atoms with Gasteiger partial charge in [0.2, 0.25) is 0 Å². The first-order valence-electron chi connectivity index (χ1n) is 11.2. The van der Waals surface area contributed by atoms with E-state index in [-0.39, 0.29) is 0 Å². The summed E-state index contributed by atoms with van der Waals surface area (Å²) in [7, 11) is 0. The highest BCUT2D eigenvalue weighted by Crippen LogP contribution is 2.54. The molecule has 4 atom stereocenters. The maximum atomic E-state index is 4.63. The summed E-state index contributed by atoms with van der Waals surface area (Å²) in [5.74, 6) is 2.50. The van der Waals surface area contributed by atoms with Gasteiger partial charge in [0.25, 0.3) is 0 Å². The standard InChI is InChI=1S/C26H36N2/c1-4-14-27-15-17-28(18-16-27)21(3)26-24-13-12-23(19-24)25(26)20(2)10-11-22-8-6-5-7-9-22/h5-9,12-13,23-26H,2-4,10-11,14-19H2,1H3/t23-,24+,25?,26?/m0/s1. The van der Waals surface area contributed by atoms with E-state index in [4.69, 9.17) is 0 Å². The summed E-state index contributed by atoms with van der Waals surface area (Å²) in [6.07, 6.45) is 9.68. The van der Waals surface area contributed by atoms with Crippen LogP contribution in [0.4, 0.5) is 0 Å². The van der Waals surface area contributed by atoms with Crippen molar-refractivity contribution in [3.63, 3.8) is 0 Å². The molecule has 3 aliphatic rings. The van der Waals surface area contributed by atoms with E-state index in [0.29, 0.717) is 23.7 Å². The number of hydrogen-bond acceptors (Lipinski definition) is 2. The highest BCUT2D eigenvalue weighted by Gasteiger charge is 2.47. The lowest BCUT2D eigenvalue weighted by molar-refractivity contribution is 0.141. The van der Waals surface area contributed by atoms with Crippen LogP contribution >= 0.6 is 0 Å². The Balaban J connectivity index is 1.40. The van der Waals surface area contributed by atoms with E-state index in [0.717, 1.165) is 25.9 Å². The van der Waals surface area contributed by atoms with E-state index in [9.17, 15) is 0 Å². The monoisotopic (exact) mass is 376 g/mol. The van der Waals surface area contributed by atoms with Gasteiger partial charge < -0.3 is 4.90 Å². The molecule has 1 aromatic carbocycles. The van der Waals surface area contributed by atoms with E-state index in [1.807, 2.05) is 0 Å². The molecule has 0 spiro atoms. The Morgan fingerprint density at radius 3 is 2.32 bits per heavy atom. The van der Waals surface area contributed by atoms with Gasteiger partial charge in [-0.1, -0.05) is 68.1 Å². The van der Waals surface area contributed by atoms with Crippen molar-refractivity contribution in [2.24, 2.45) is 23.7 Å². The van der Waals surface area contributed by atoms with Crippen molar-refractivity contribution >= 4 is 0 Å². The first kappa shape index (κ1) is 19.5. The lowest BCUT2D eigenvalue weighted by Crippen LogP contribution is -2.47. The van der Waals surface area contributed by atoms with E-state index in [2.05, 4.69) is 72.4 Å². The fourth-order valence-corrected chi connectivity index (χ4v) is 5.74. The van der Waals surface area contributed by atoms with Gasteiger partial charge in [-0.2, -0.15) is 0 Å². The average Bonchev–Trinajstić information content (AvgIpc) is 3.35. The summed E-state index contributed by atoms with van der Waals surface area (Å²) in [6.45, 7) is 17.4. The van der Waals surface area contributed by atoms with E-state index < -0.39 is 0 Å². The van der Waals surface area contributed by atoms with Crippen molar-refractivity contribution in [3.8, 4) is 0 Å². The molecular formula is C26H36N2. The summed E-state index contributed by atoms with van der Waals surface area (Å²) in [5, 5.41) is 0. The van der Waals surface area contributed by atoms with Crippen LogP contribution in [0.3, 0.4) is 0 Å². The van der Waals surface area contributed by atoms with Gasteiger partial charge in [0, 0.05) is 37.8 Å². The number of piperazine rings is 1. The molecule has 2 fully saturated rings. The van der Waals surface area contributed by atoms with Crippen molar-refractivity contribution in [2.45, 2.75) is 32.6 Å². The minimum absolute atomic E-state index is 0.566. The summed E-state index contributed by atoms with van der Waals surface area (Å²) >= 11 is 0. The summed E-state index contributed by atoms with van der Waals surface area (Å²) in [6, 6.07) is 10.8. The fourth-order valence-electron chi connectivity index (χ4n) is 5.74. The Bertz CT molecular complexity index is 711. The molecule has 0 radical (unpaired) electrons. The molecule has 1 aromatic rings. The average molecular weight is 377 g/mol. The molecule has 2 bridgehead atoms. The summed E-state index contributed by atoms with van der Waals surface area (Å²) in [4.78, 5) is 5.18. The van der Waals surface area contributed by atoms with E-state index >= 15 is 0 Å². The molecule has 28 heavy (non-hydrogen) atoms. The Hall–Kier alpha value is -1.80. The molecule has 2 unspecified atom stereocenters. The van der Waals surface area contributed by atoms with Gasteiger partial charge in [0.1, 0.15) is 0 Å². The van der Waals surface area contributed by atoms with Crippen LogP contribution in [0.25, 0.3) is 0 Å². The van der Waals surface area contributed by atoms with Gasteiger partial charge in [-0.25, -0.2) is 0 Å². The lowest BCUT2D eigenvalue weighted by atomic mass is 9.75. The number of nitrogens with zero attached hydrogens (tertiary/aromatic N) is 2. The maximum absolute atomic E-state index is 4.63. The van der Waals surface area contributed by atoms with Crippen molar-refractivity contribution < 1.29 is 0 Å². The van der Waals surface area contributed by atoms with Crippen molar-refractivity contribution in [3.05, 3.63) is 72.5 Å². The smallest absolute Gasteiger partial charge is 0.0303 e. The molecule has 1 aliphatic heterocycles. The summed E-state index contributed by atoms with van der Waals surface area (Å²) in [5.41, 5.74) is 4.25. The van der Waals surface area contributed by atoms with Gasteiger partial charge in [-0.15, -0.1) is 0 Å². The Morgan fingerprint density at radius 1 is 0.964 bits per heavy atom. The van der Waals surface area contributed by atoms with Crippen LogP contribution < -0.4 is 0 Å². The number of fused-ring (bicyclic) bond motifs is 2. The van der Waals surface area contributed by atoms with Crippen LogP contribution in [0.1, 0.15) is 31.7 Å². The second-order valence-corrected chi connectivity index (χ2v) is 8.96. The largest absolute Gasteiger partial charge is 0.372 e. The molecule has 0 aromatic heterocycles. The Morgan fingerprint density at radius 2 is 1.64 bits per heavy atom. The molecule has 4 rings (SSSR count). The van der Waals surface area contributed by atoms with E-state index in [1.165, 1.54) is 49.3 Å². The molecule has 0 amide bonds. The van der Waals surface area contributed by atoms with Crippen LogP contribution in [0.2, 0.25) is 0 Å². The Kier molecular flexibility index (Phi) is 6.06.